The predicted molar refractivity (Wildman–Crippen MR) is 173 cm³/mol. The number of aliphatic hydroxyl groups excluding tert-OH is 2. The van der Waals surface area contributed by atoms with E-state index in [1.54, 1.807) is 19.1 Å². The summed E-state index contributed by atoms with van der Waals surface area (Å²) in [7, 11) is 0. The van der Waals surface area contributed by atoms with Gasteiger partial charge < -0.3 is 49.2 Å². The summed E-state index contributed by atoms with van der Waals surface area (Å²) in [6.45, 7) is 9.44. The van der Waals surface area contributed by atoms with Gasteiger partial charge in [-0.1, -0.05) is 37.4 Å². The lowest BCUT2D eigenvalue weighted by atomic mass is 9.78. The van der Waals surface area contributed by atoms with Crippen LogP contribution in [0.3, 0.4) is 0 Å². The number of esters is 3. The van der Waals surface area contributed by atoms with Gasteiger partial charge in [0.25, 0.3) is 0 Å². The number of carbonyl (C=O) groups is 3. The van der Waals surface area contributed by atoms with Crippen LogP contribution >= 0.6 is 0 Å². The van der Waals surface area contributed by atoms with E-state index in [2.05, 4.69) is 13.2 Å². The van der Waals surface area contributed by atoms with Crippen LogP contribution in [0.4, 0.5) is 0 Å². The number of aliphatic hydroxyl groups is 3. The molecule has 4 fully saturated rings. The van der Waals surface area contributed by atoms with Crippen molar-refractivity contribution < 1.29 is 63.6 Å². The van der Waals surface area contributed by atoms with Crippen molar-refractivity contribution in [2.45, 2.75) is 87.5 Å². The normalized spacial score (nSPS) is 35.1. The van der Waals surface area contributed by atoms with Crippen molar-refractivity contribution >= 4 is 17.9 Å². The minimum atomic E-state index is -1.73. The molecule has 2 aliphatic carbocycles. The summed E-state index contributed by atoms with van der Waals surface area (Å²) in [5.74, 6) is -3.10. The predicted octanol–water partition coefficient (Wildman–Crippen LogP) is 2.00. The molecule has 2 saturated heterocycles. The van der Waals surface area contributed by atoms with Gasteiger partial charge >= 0.3 is 17.9 Å². The summed E-state index contributed by atoms with van der Waals surface area (Å²) in [5, 5.41) is 53.0. The van der Waals surface area contributed by atoms with E-state index >= 15 is 0 Å². The Hall–Kier alpha value is -4.27. The van der Waals surface area contributed by atoms with Crippen LogP contribution < -0.4 is 0 Å². The largest absolute Gasteiger partial charge is 0.508 e. The smallest absolute Gasteiger partial charge is 0.334 e. The molecule has 0 spiro atoms. The molecule has 4 aliphatic rings. The SMILES string of the molecule is C=C1[C@@H]2[C@H]3OC(=O)C(=C)[C@@H]3CC[C@@](C)(O)[C@@H]2C[C@@H]1O[C@@H]1O[C@H](COC(=O)Cc2ccc(O)cc2)[C@@H](O)[C@H](O)[C@H]1OC(=O)Cc1ccc(O)cc1. The molecule has 11 atom stereocenters. The minimum absolute atomic E-state index is 0.0136. The van der Waals surface area contributed by atoms with Gasteiger partial charge in [0, 0.05) is 23.3 Å². The van der Waals surface area contributed by atoms with Crippen molar-refractivity contribution in [2.75, 3.05) is 6.61 Å². The number of rotatable bonds is 9. The van der Waals surface area contributed by atoms with Crippen molar-refractivity contribution in [3.8, 4) is 11.5 Å². The molecule has 0 amide bonds. The van der Waals surface area contributed by atoms with Gasteiger partial charge in [0.15, 0.2) is 12.4 Å². The van der Waals surface area contributed by atoms with Crippen LogP contribution in [0.25, 0.3) is 0 Å². The van der Waals surface area contributed by atoms with E-state index in [4.69, 9.17) is 23.7 Å². The number of hydrogen-bond acceptors (Lipinski definition) is 13. The van der Waals surface area contributed by atoms with Crippen molar-refractivity contribution in [1.82, 2.24) is 0 Å². The maximum atomic E-state index is 13.1. The third-order valence-corrected chi connectivity index (χ3v) is 10.4. The molecule has 2 heterocycles. The van der Waals surface area contributed by atoms with Crippen LogP contribution in [-0.2, 0) is 50.9 Å². The number of hydrogen-bond donors (Lipinski definition) is 5. The molecule has 2 saturated carbocycles. The summed E-state index contributed by atoms with van der Waals surface area (Å²) in [4.78, 5) is 38.2. The van der Waals surface area contributed by atoms with Crippen LogP contribution in [0.2, 0.25) is 0 Å². The standard InChI is InChI=1S/C37H42O13/c1-18-24-12-13-37(3,45)25-16-26(19(2)30(25)33(24)50-35(18)44)47-36-34(49-29(41)15-21-6-10-23(39)11-7-21)32(43)31(42)27(48-36)17-46-28(40)14-20-4-8-22(38)9-5-20/h4-11,24-27,30-34,36,38-39,42-43,45H,1-2,12-17H2,3H3/t24-,25+,26-,27+,30-,31+,32-,33-,34+,36+,37+/m0/s1. The van der Waals surface area contributed by atoms with Crippen LogP contribution in [0.15, 0.2) is 72.8 Å². The lowest BCUT2D eigenvalue weighted by Crippen LogP contribution is -2.61. The number of fused-ring (bicyclic) bond motifs is 3. The number of aromatic hydroxyl groups is 2. The van der Waals surface area contributed by atoms with Gasteiger partial charge in [0.1, 0.15) is 42.5 Å². The Labute approximate surface area is 288 Å². The van der Waals surface area contributed by atoms with E-state index in [1.807, 2.05) is 0 Å². The highest BCUT2D eigenvalue weighted by Gasteiger charge is 2.59. The number of benzene rings is 2. The monoisotopic (exact) mass is 694 g/mol. The van der Waals surface area contributed by atoms with E-state index in [9.17, 15) is 39.9 Å². The Bertz CT molecular complexity index is 1610. The van der Waals surface area contributed by atoms with Crippen LogP contribution in [0.5, 0.6) is 11.5 Å². The molecule has 5 N–H and O–H groups in total. The molecule has 0 bridgehead atoms. The summed E-state index contributed by atoms with van der Waals surface area (Å²) in [5.41, 5.74) is 0.788. The number of phenols is 2. The molecule has 50 heavy (non-hydrogen) atoms. The maximum absolute atomic E-state index is 13.1. The fraction of sp³-hybridized carbons (Fsp3) is 0.486. The quantitative estimate of drug-likeness (QED) is 0.111. The lowest BCUT2D eigenvalue weighted by molar-refractivity contribution is -0.311. The van der Waals surface area contributed by atoms with Crippen molar-refractivity contribution in [1.29, 1.82) is 0 Å². The average molecular weight is 695 g/mol. The van der Waals surface area contributed by atoms with Gasteiger partial charge in [-0.3, -0.25) is 9.59 Å². The molecular weight excluding hydrogens is 652 g/mol. The molecule has 2 aromatic carbocycles. The van der Waals surface area contributed by atoms with Crippen molar-refractivity contribution in [3.05, 3.63) is 84.0 Å². The third-order valence-electron chi connectivity index (χ3n) is 10.4. The molecule has 268 valence electrons. The van der Waals surface area contributed by atoms with E-state index in [1.165, 1.54) is 36.4 Å². The first-order chi connectivity index (χ1) is 23.7. The number of carbonyl (C=O) groups excluding carboxylic acids is 3. The number of phenolic OH excluding ortho intramolecular Hbond substituents is 2. The van der Waals surface area contributed by atoms with E-state index < -0.39 is 84.9 Å². The van der Waals surface area contributed by atoms with E-state index in [0.29, 0.717) is 35.1 Å². The molecule has 0 unspecified atom stereocenters. The molecule has 2 aromatic rings. The first-order valence-corrected chi connectivity index (χ1v) is 16.6. The summed E-state index contributed by atoms with van der Waals surface area (Å²) >= 11 is 0. The van der Waals surface area contributed by atoms with Gasteiger partial charge in [0.05, 0.1) is 24.5 Å². The Morgan fingerprint density at radius 3 is 2.16 bits per heavy atom. The first kappa shape index (κ1) is 35.6. The topological polar surface area (TPSA) is 199 Å². The third kappa shape index (κ3) is 7.28. The first-order valence-electron chi connectivity index (χ1n) is 16.6. The van der Waals surface area contributed by atoms with Gasteiger partial charge in [-0.15, -0.1) is 0 Å². The summed E-state index contributed by atoms with van der Waals surface area (Å²) in [6, 6.07) is 11.9. The highest BCUT2D eigenvalue weighted by atomic mass is 16.7. The highest BCUT2D eigenvalue weighted by molar-refractivity contribution is 5.91. The fourth-order valence-electron chi connectivity index (χ4n) is 7.57. The van der Waals surface area contributed by atoms with Crippen LogP contribution in [0.1, 0.15) is 37.3 Å². The molecular formula is C37H42O13. The Kier molecular flexibility index (Phi) is 10.1. The van der Waals surface area contributed by atoms with Gasteiger partial charge in [-0.25, -0.2) is 4.79 Å². The lowest BCUT2D eigenvalue weighted by Gasteiger charge is -2.42. The number of ether oxygens (including phenoxy) is 5. The Morgan fingerprint density at radius 1 is 0.940 bits per heavy atom. The summed E-state index contributed by atoms with van der Waals surface area (Å²) in [6.07, 6.45) is -8.35. The fourth-order valence-corrected chi connectivity index (χ4v) is 7.57. The van der Waals surface area contributed by atoms with Gasteiger partial charge in [0.2, 0.25) is 0 Å². The zero-order chi connectivity index (χ0) is 35.9. The van der Waals surface area contributed by atoms with E-state index in [-0.39, 0.29) is 36.7 Å². The second-order valence-electron chi connectivity index (χ2n) is 13.8. The van der Waals surface area contributed by atoms with Gasteiger partial charge in [-0.05, 0) is 67.2 Å². The highest BCUT2D eigenvalue weighted by Crippen LogP contribution is 2.54. The van der Waals surface area contributed by atoms with E-state index in [0.717, 1.165) is 0 Å². The zero-order valence-electron chi connectivity index (χ0n) is 27.6. The maximum Gasteiger partial charge on any atom is 0.334 e. The zero-order valence-corrected chi connectivity index (χ0v) is 27.6. The molecule has 13 heteroatoms. The average Bonchev–Trinajstić information content (AvgIpc) is 3.51. The van der Waals surface area contributed by atoms with Crippen LogP contribution in [-0.4, -0.2) is 98.6 Å². The Balaban J connectivity index is 1.20. The van der Waals surface area contributed by atoms with Crippen molar-refractivity contribution in [2.24, 2.45) is 17.8 Å². The van der Waals surface area contributed by atoms with Crippen LogP contribution in [0, 0.1) is 17.8 Å². The molecule has 0 aromatic heterocycles. The molecule has 13 nitrogen and oxygen atoms in total. The minimum Gasteiger partial charge on any atom is -0.508 e. The van der Waals surface area contributed by atoms with Gasteiger partial charge in [-0.2, -0.15) is 0 Å². The molecule has 2 aliphatic heterocycles. The second kappa shape index (κ2) is 14.2. The Morgan fingerprint density at radius 2 is 1.54 bits per heavy atom. The molecule has 0 radical (unpaired) electrons. The van der Waals surface area contributed by atoms with Crippen molar-refractivity contribution in [3.63, 3.8) is 0 Å². The second-order valence-corrected chi connectivity index (χ2v) is 13.8. The molecule has 6 rings (SSSR count). The summed E-state index contributed by atoms with van der Waals surface area (Å²) < 4.78 is 29.2.